The smallest absolute Gasteiger partial charge is 0.293 e. The van der Waals surface area contributed by atoms with Gasteiger partial charge in [0, 0.05) is 11.8 Å². The molecule has 94 valence electrons. The number of aryl methyl sites for hydroxylation is 1. The Labute approximate surface area is 104 Å². The van der Waals surface area contributed by atoms with Crippen LogP contribution in [0.1, 0.15) is 11.1 Å². The van der Waals surface area contributed by atoms with Crippen molar-refractivity contribution in [3.8, 4) is 5.75 Å². The predicted octanol–water partition coefficient (Wildman–Crippen LogP) is 2.35. The van der Waals surface area contributed by atoms with Crippen LogP contribution in [0.25, 0.3) is 0 Å². The minimum atomic E-state index is -0.310. The zero-order chi connectivity index (χ0) is 13.1. The van der Waals surface area contributed by atoms with Crippen LogP contribution in [0.3, 0.4) is 0 Å². The lowest BCUT2D eigenvalue weighted by atomic mass is 10.1. The average molecular weight is 247 g/mol. The van der Waals surface area contributed by atoms with Crippen LogP contribution in [0.15, 0.2) is 41.3 Å². The van der Waals surface area contributed by atoms with Gasteiger partial charge in [0.05, 0.1) is 13.7 Å². The Morgan fingerprint density at radius 2 is 2.11 bits per heavy atom. The Morgan fingerprint density at radius 1 is 1.33 bits per heavy atom. The molecule has 4 heteroatoms. The van der Waals surface area contributed by atoms with Crippen molar-refractivity contribution >= 4 is 0 Å². The number of methoxy groups -OCH3 is 1. The highest BCUT2D eigenvalue weighted by molar-refractivity contribution is 5.25. The van der Waals surface area contributed by atoms with Gasteiger partial charge in [0.1, 0.15) is 5.82 Å². The number of hydrogen-bond acceptors (Lipinski definition) is 2. The largest absolute Gasteiger partial charge is 0.491 e. The van der Waals surface area contributed by atoms with Gasteiger partial charge in [-0.25, -0.2) is 4.39 Å². The molecule has 0 fully saturated rings. The van der Waals surface area contributed by atoms with Gasteiger partial charge >= 0.3 is 0 Å². The van der Waals surface area contributed by atoms with E-state index >= 15 is 0 Å². The maximum absolute atomic E-state index is 13.6. The van der Waals surface area contributed by atoms with Crippen LogP contribution in [0.4, 0.5) is 4.39 Å². The van der Waals surface area contributed by atoms with E-state index < -0.39 is 0 Å². The van der Waals surface area contributed by atoms with Crippen molar-refractivity contribution in [2.75, 3.05) is 7.11 Å². The fraction of sp³-hybridized carbons (Fsp3) is 0.214. The van der Waals surface area contributed by atoms with Gasteiger partial charge in [-0.2, -0.15) is 0 Å². The third kappa shape index (κ3) is 2.42. The van der Waals surface area contributed by atoms with E-state index in [0.717, 1.165) is 5.56 Å². The molecule has 0 saturated heterocycles. The van der Waals surface area contributed by atoms with Crippen LogP contribution in [-0.4, -0.2) is 11.7 Å². The summed E-state index contributed by atoms with van der Waals surface area (Å²) in [6, 6.07) is 8.14. The lowest BCUT2D eigenvalue weighted by Crippen LogP contribution is -2.21. The molecule has 2 rings (SSSR count). The van der Waals surface area contributed by atoms with Crippen LogP contribution >= 0.6 is 0 Å². The van der Waals surface area contributed by atoms with E-state index in [9.17, 15) is 9.18 Å². The number of ether oxygens (including phenoxy) is 1. The molecule has 0 aliphatic rings. The molecule has 18 heavy (non-hydrogen) atoms. The maximum Gasteiger partial charge on any atom is 0.293 e. The Hall–Kier alpha value is -2.10. The molecule has 2 aromatic rings. The van der Waals surface area contributed by atoms with E-state index in [2.05, 4.69) is 0 Å². The molecule has 0 atom stereocenters. The topological polar surface area (TPSA) is 31.2 Å². The molecule has 0 saturated carbocycles. The SMILES string of the molecule is COc1cccn(Cc2cc(C)ccc2F)c1=O. The Balaban J connectivity index is 2.40. The highest BCUT2D eigenvalue weighted by Gasteiger charge is 2.07. The molecule has 0 bridgehead atoms. The molecular weight excluding hydrogens is 233 g/mol. The fourth-order valence-electron chi connectivity index (χ4n) is 1.80. The predicted molar refractivity (Wildman–Crippen MR) is 67.5 cm³/mol. The first-order valence-electron chi connectivity index (χ1n) is 5.60. The third-order valence-electron chi connectivity index (χ3n) is 2.75. The minimum absolute atomic E-state index is 0.198. The summed E-state index contributed by atoms with van der Waals surface area (Å²) in [4.78, 5) is 11.9. The molecule has 1 heterocycles. The maximum atomic E-state index is 13.6. The molecular formula is C14H14FNO2. The van der Waals surface area contributed by atoms with Gasteiger partial charge in [0.2, 0.25) is 0 Å². The Morgan fingerprint density at radius 3 is 2.83 bits per heavy atom. The molecule has 0 amide bonds. The van der Waals surface area contributed by atoms with Gasteiger partial charge in [0.25, 0.3) is 5.56 Å². The minimum Gasteiger partial charge on any atom is -0.491 e. The molecule has 0 N–H and O–H groups in total. The monoisotopic (exact) mass is 247 g/mol. The summed E-state index contributed by atoms with van der Waals surface area (Å²) in [6.07, 6.45) is 1.62. The lowest BCUT2D eigenvalue weighted by molar-refractivity contribution is 0.403. The van der Waals surface area contributed by atoms with Gasteiger partial charge in [0.15, 0.2) is 5.75 Å². The number of benzene rings is 1. The van der Waals surface area contributed by atoms with Gasteiger partial charge < -0.3 is 9.30 Å². The summed E-state index contributed by atoms with van der Waals surface area (Å²) in [5.41, 5.74) is 1.19. The Kier molecular flexibility index (Phi) is 3.46. The number of halogens is 1. The standard InChI is InChI=1S/C14H14FNO2/c1-10-5-6-12(15)11(8-10)9-16-7-3-4-13(18-2)14(16)17/h3-8H,9H2,1-2H3. The van der Waals surface area contributed by atoms with E-state index in [-0.39, 0.29) is 23.7 Å². The van der Waals surface area contributed by atoms with Crippen molar-refractivity contribution in [3.63, 3.8) is 0 Å². The van der Waals surface area contributed by atoms with Gasteiger partial charge in [-0.1, -0.05) is 17.7 Å². The second-order valence-electron chi connectivity index (χ2n) is 4.10. The molecule has 0 aliphatic heterocycles. The second-order valence-corrected chi connectivity index (χ2v) is 4.10. The van der Waals surface area contributed by atoms with Crippen LogP contribution in [0.5, 0.6) is 5.75 Å². The molecule has 3 nitrogen and oxygen atoms in total. The molecule has 0 aliphatic carbocycles. The number of pyridine rings is 1. The Bertz CT molecular complexity index is 619. The number of rotatable bonds is 3. The van der Waals surface area contributed by atoms with E-state index in [1.807, 2.05) is 6.92 Å². The van der Waals surface area contributed by atoms with Crippen molar-refractivity contribution in [1.82, 2.24) is 4.57 Å². The highest BCUT2D eigenvalue weighted by atomic mass is 19.1. The second kappa shape index (κ2) is 5.04. The molecule has 1 aromatic heterocycles. The van der Waals surface area contributed by atoms with E-state index in [1.165, 1.54) is 17.7 Å². The van der Waals surface area contributed by atoms with Crippen LogP contribution in [-0.2, 0) is 6.54 Å². The van der Waals surface area contributed by atoms with E-state index in [1.54, 1.807) is 30.5 Å². The summed E-state index contributed by atoms with van der Waals surface area (Å²) >= 11 is 0. The van der Waals surface area contributed by atoms with Crippen molar-refractivity contribution < 1.29 is 9.13 Å². The van der Waals surface area contributed by atoms with E-state index in [0.29, 0.717) is 5.56 Å². The van der Waals surface area contributed by atoms with Crippen molar-refractivity contribution in [2.45, 2.75) is 13.5 Å². The summed E-state index contributed by atoms with van der Waals surface area (Å²) in [5.74, 6) is -0.0547. The summed E-state index contributed by atoms with van der Waals surface area (Å²) < 4.78 is 20.0. The van der Waals surface area contributed by atoms with Gasteiger partial charge in [-0.15, -0.1) is 0 Å². The van der Waals surface area contributed by atoms with Crippen LogP contribution in [0, 0.1) is 12.7 Å². The number of hydrogen-bond donors (Lipinski definition) is 0. The summed E-state index contributed by atoms with van der Waals surface area (Å²) in [6.45, 7) is 2.08. The molecule has 1 aromatic carbocycles. The van der Waals surface area contributed by atoms with Crippen LogP contribution < -0.4 is 10.3 Å². The fourth-order valence-corrected chi connectivity index (χ4v) is 1.80. The van der Waals surface area contributed by atoms with Crippen molar-refractivity contribution in [1.29, 1.82) is 0 Å². The summed E-state index contributed by atoms with van der Waals surface area (Å²) in [7, 11) is 1.44. The zero-order valence-corrected chi connectivity index (χ0v) is 10.3. The van der Waals surface area contributed by atoms with E-state index in [4.69, 9.17) is 4.74 Å². The molecule has 0 unspecified atom stereocenters. The lowest BCUT2D eigenvalue weighted by Gasteiger charge is -2.09. The quantitative estimate of drug-likeness (QED) is 0.833. The average Bonchev–Trinajstić information content (AvgIpc) is 2.36. The number of aromatic nitrogens is 1. The third-order valence-corrected chi connectivity index (χ3v) is 2.75. The molecule has 0 radical (unpaired) electrons. The molecule has 0 spiro atoms. The van der Waals surface area contributed by atoms with Crippen molar-refractivity contribution in [2.24, 2.45) is 0 Å². The van der Waals surface area contributed by atoms with Gasteiger partial charge in [-0.3, -0.25) is 4.79 Å². The number of nitrogens with zero attached hydrogens (tertiary/aromatic N) is 1. The van der Waals surface area contributed by atoms with Crippen LogP contribution in [0.2, 0.25) is 0 Å². The van der Waals surface area contributed by atoms with Crippen molar-refractivity contribution in [3.05, 3.63) is 63.8 Å². The first-order valence-corrected chi connectivity index (χ1v) is 5.60. The summed E-state index contributed by atoms with van der Waals surface area (Å²) in [5, 5.41) is 0. The zero-order valence-electron chi connectivity index (χ0n) is 10.3. The highest BCUT2D eigenvalue weighted by Crippen LogP contribution is 2.11. The normalized spacial score (nSPS) is 10.4. The first-order chi connectivity index (χ1) is 8.61. The van der Waals surface area contributed by atoms with Gasteiger partial charge in [-0.05, 0) is 25.1 Å². The first kappa shape index (κ1) is 12.4.